The second-order valence-corrected chi connectivity index (χ2v) is 6.82. The van der Waals surface area contributed by atoms with Crippen LogP contribution in [-0.4, -0.2) is 51.6 Å². The number of nitrogens with one attached hydrogen (secondary N) is 2. The topological polar surface area (TPSA) is 77.2 Å². The molecule has 0 radical (unpaired) electrons. The van der Waals surface area contributed by atoms with Crippen molar-refractivity contribution < 1.29 is 13.6 Å². The summed E-state index contributed by atoms with van der Waals surface area (Å²) < 4.78 is 26.6. The highest BCUT2D eigenvalue weighted by Gasteiger charge is 2.26. The number of halogens is 2. The Balaban J connectivity index is 1.36. The summed E-state index contributed by atoms with van der Waals surface area (Å²) in [6.07, 6.45) is 3.51. The first-order valence-corrected chi connectivity index (χ1v) is 9.04. The molecular formula is C19H20F2N6O. The maximum Gasteiger partial charge on any atom is 0.317 e. The van der Waals surface area contributed by atoms with Crippen LogP contribution in [0.1, 0.15) is 12.7 Å². The fourth-order valence-electron chi connectivity index (χ4n) is 3.47. The van der Waals surface area contributed by atoms with Crippen molar-refractivity contribution in [3.8, 4) is 0 Å². The predicted octanol–water partition coefficient (Wildman–Crippen LogP) is 2.66. The van der Waals surface area contributed by atoms with Crippen molar-refractivity contribution in [3.05, 3.63) is 54.1 Å². The van der Waals surface area contributed by atoms with E-state index in [1.54, 1.807) is 17.3 Å². The molecule has 2 N–H and O–H groups in total. The molecule has 2 amide bonds. The fraction of sp³-hybridized carbons (Fsp3) is 0.316. The Bertz CT molecular complexity index is 954. The summed E-state index contributed by atoms with van der Waals surface area (Å²) in [7, 11) is 0. The number of rotatable bonds is 3. The van der Waals surface area contributed by atoms with E-state index < -0.39 is 11.6 Å². The van der Waals surface area contributed by atoms with Crippen LogP contribution >= 0.6 is 0 Å². The van der Waals surface area contributed by atoms with Crippen LogP contribution < -0.4 is 10.2 Å². The molecule has 28 heavy (non-hydrogen) atoms. The number of carbonyl (C=O) groups is 1. The molecule has 2 aromatic heterocycles. The van der Waals surface area contributed by atoms with Gasteiger partial charge in [0.05, 0.1) is 17.6 Å². The number of anilines is 1. The third-order valence-electron chi connectivity index (χ3n) is 4.89. The maximum absolute atomic E-state index is 13.3. The molecule has 3 heterocycles. The van der Waals surface area contributed by atoms with Gasteiger partial charge in [-0.15, -0.1) is 0 Å². The highest BCUT2D eigenvalue weighted by Crippen LogP contribution is 2.20. The first-order chi connectivity index (χ1) is 13.5. The zero-order valence-electron chi connectivity index (χ0n) is 15.3. The molecule has 146 valence electrons. The number of hydrogen-bond donors (Lipinski definition) is 2. The van der Waals surface area contributed by atoms with Crippen LogP contribution in [0.25, 0.3) is 11.0 Å². The Hall–Kier alpha value is -3.23. The highest BCUT2D eigenvalue weighted by atomic mass is 19.2. The summed E-state index contributed by atoms with van der Waals surface area (Å²) in [5.74, 6) is -1.44. The summed E-state index contributed by atoms with van der Waals surface area (Å²) in [5.41, 5.74) is 1.80. The molecule has 3 aromatic rings. The number of nitrogens with zero attached hydrogens (tertiary/aromatic N) is 4. The quantitative estimate of drug-likeness (QED) is 0.726. The highest BCUT2D eigenvalue weighted by molar-refractivity contribution is 5.76. The van der Waals surface area contributed by atoms with E-state index in [2.05, 4.69) is 32.1 Å². The number of H-pyrrole nitrogens is 1. The Labute approximate surface area is 160 Å². The number of imidazole rings is 1. The van der Waals surface area contributed by atoms with Gasteiger partial charge in [-0.3, -0.25) is 4.98 Å². The van der Waals surface area contributed by atoms with Gasteiger partial charge in [-0.25, -0.2) is 18.6 Å². The zero-order valence-corrected chi connectivity index (χ0v) is 15.3. The third kappa shape index (κ3) is 3.60. The average molecular weight is 386 g/mol. The Morgan fingerprint density at radius 1 is 1.25 bits per heavy atom. The van der Waals surface area contributed by atoms with Gasteiger partial charge in [0.15, 0.2) is 11.6 Å². The Morgan fingerprint density at radius 3 is 2.75 bits per heavy atom. The number of benzene rings is 1. The van der Waals surface area contributed by atoms with Crippen LogP contribution in [0.5, 0.6) is 0 Å². The minimum Gasteiger partial charge on any atom is -0.365 e. The standard InChI is InChI=1S/C19H20F2N6O/c1-12-11-26(6-7-27(12)13-2-4-22-5-3-13)19(28)23-10-18-24-16-8-14(20)15(21)9-17(16)25-18/h2-5,8-9,12H,6-7,10-11H2,1H3,(H,23,28)(H,24,25). The van der Waals surface area contributed by atoms with E-state index in [4.69, 9.17) is 0 Å². The van der Waals surface area contributed by atoms with E-state index in [1.807, 2.05) is 12.1 Å². The third-order valence-corrected chi connectivity index (χ3v) is 4.89. The number of pyridine rings is 1. The zero-order chi connectivity index (χ0) is 19.7. The normalized spacial score (nSPS) is 17.2. The molecule has 0 saturated carbocycles. The average Bonchev–Trinajstić information content (AvgIpc) is 3.08. The fourth-order valence-corrected chi connectivity index (χ4v) is 3.47. The second kappa shape index (κ2) is 7.41. The van der Waals surface area contributed by atoms with Gasteiger partial charge in [0.25, 0.3) is 0 Å². The first-order valence-electron chi connectivity index (χ1n) is 9.04. The molecule has 1 saturated heterocycles. The number of carbonyl (C=O) groups excluding carboxylic acids is 1. The van der Waals surface area contributed by atoms with E-state index in [0.29, 0.717) is 29.9 Å². The summed E-state index contributed by atoms with van der Waals surface area (Å²) in [6.45, 7) is 4.12. The van der Waals surface area contributed by atoms with Gasteiger partial charge in [0.1, 0.15) is 5.82 Å². The Morgan fingerprint density at radius 2 is 2.00 bits per heavy atom. The lowest BCUT2D eigenvalue weighted by Crippen LogP contribution is -2.55. The van der Waals surface area contributed by atoms with Crippen LogP contribution in [0.3, 0.4) is 0 Å². The molecule has 1 aliphatic rings. The molecular weight excluding hydrogens is 366 g/mol. The number of urea groups is 1. The van der Waals surface area contributed by atoms with Crippen LogP contribution in [0.2, 0.25) is 0 Å². The van der Waals surface area contributed by atoms with Crippen molar-refractivity contribution in [1.29, 1.82) is 0 Å². The Kier molecular flexibility index (Phi) is 4.81. The van der Waals surface area contributed by atoms with Crippen LogP contribution in [0.4, 0.5) is 19.3 Å². The van der Waals surface area contributed by atoms with E-state index in [0.717, 1.165) is 24.4 Å². The number of amides is 2. The van der Waals surface area contributed by atoms with Gasteiger partial charge in [0, 0.05) is 55.9 Å². The molecule has 1 aromatic carbocycles. The predicted molar refractivity (Wildman–Crippen MR) is 101 cm³/mol. The van der Waals surface area contributed by atoms with Gasteiger partial charge in [-0.2, -0.15) is 0 Å². The molecule has 1 unspecified atom stereocenters. The SMILES string of the molecule is CC1CN(C(=O)NCc2nc3cc(F)c(F)cc3[nH]2)CCN1c1ccncc1. The summed E-state index contributed by atoms with van der Waals surface area (Å²) in [5, 5.41) is 2.81. The number of piperazine rings is 1. The monoisotopic (exact) mass is 386 g/mol. The van der Waals surface area contributed by atoms with Gasteiger partial charge >= 0.3 is 6.03 Å². The second-order valence-electron chi connectivity index (χ2n) is 6.82. The first kappa shape index (κ1) is 18.1. The van der Waals surface area contributed by atoms with Crippen molar-refractivity contribution >= 4 is 22.8 Å². The van der Waals surface area contributed by atoms with Crippen molar-refractivity contribution in [2.24, 2.45) is 0 Å². The summed E-state index contributed by atoms with van der Waals surface area (Å²) >= 11 is 0. The lowest BCUT2D eigenvalue weighted by molar-refractivity contribution is 0.186. The van der Waals surface area contributed by atoms with Gasteiger partial charge < -0.3 is 20.1 Å². The molecule has 0 aliphatic carbocycles. The molecule has 1 atom stereocenters. The molecule has 7 nitrogen and oxygen atoms in total. The number of hydrogen-bond acceptors (Lipinski definition) is 4. The van der Waals surface area contributed by atoms with Crippen molar-refractivity contribution in [2.75, 3.05) is 24.5 Å². The van der Waals surface area contributed by atoms with Gasteiger partial charge in [-0.05, 0) is 19.1 Å². The smallest absolute Gasteiger partial charge is 0.317 e. The van der Waals surface area contributed by atoms with Crippen molar-refractivity contribution in [1.82, 2.24) is 25.2 Å². The van der Waals surface area contributed by atoms with E-state index in [9.17, 15) is 13.6 Å². The number of aromatic nitrogens is 3. The maximum atomic E-state index is 13.3. The molecule has 0 spiro atoms. The van der Waals surface area contributed by atoms with Crippen LogP contribution in [0, 0.1) is 11.6 Å². The summed E-state index contributed by atoms with van der Waals surface area (Å²) in [6, 6.07) is 5.98. The van der Waals surface area contributed by atoms with Gasteiger partial charge in [-0.1, -0.05) is 0 Å². The molecule has 1 fully saturated rings. The lowest BCUT2D eigenvalue weighted by Gasteiger charge is -2.41. The van der Waals surface area contributed by atoms with Gasteiger partial charge in [0.2, 0.25) is 0 Å². The summed E-state index contributed by atoms with van der Waals surface area (Å²) in [4.78, 5) is 27.6. The van der Waals surface area contributed by atoms with Crippen LogP contribution in [-0.2, 0) is 6.54 Å². The van der Waals surface area contributed by atoms with E-state index in [-0.39, 0.29) is 18.6 Å². The number of aromatic amines is 1. The molecule has 1 aliphatic heterocycles. The lowest BCUT2D eigenvalue weighted by atomic mass is 10.1. The van der Waals surface area contributed by atoms with E-state index in [1.165, 1.54) is 0 Å². The minimum atomic E-state index is -0.948. The molecule has 0 bridgehead atoms. The number of fused-ring (bicyclic) bond motifs is 1. The van der Waals surface area contributed by atoms with Crippen molar-refractivity contribution in [2.45, 2.75) is 19.5 Å². The minimum absolute atomic E-state index is 0.149. The van der Waals surface area contributed by atoms with Crippen molar-refractivity contribution in [3.63, 3.8) is 0 Å². The molecule has 9 heteroatoms. The molecule has 4 rings (SSSR count). The van der Waals surface area contributed by atoms with Crippen LogP contribution in [0.15, 0.2) is 36.7 Å². The van der Waals surface area contributed by atoms with E-state index >= 15 is 0 Å². The largest absolute Gasteiger partial charge is 0.365 e.